The summed E-state index contributed by atoms with van der Waals surface area (Å²) in [5.74, 6) is 1.14. The molecule has 0 radical (unpaired) electrons. The Kier molecular flexibility index (Phi) is 3.71. The van der Waals surface area contributed by atoms with Crippen molar-refractivity contribution in [3.05, 3.63) is 23.5 Å². The summed E-state index contributed by atoms with van der Waals surface area (Å²) >= 11 is 5.92. The summed E-state index contributed by atoms with van der Waals surface area (Å²) < 4.78 is 12.1. The van der Waals surface area contributed by atoms with Gasteiger partial charge in [-0.1, -0.05) is 0 Å². The van der Waals surface area contributed by atoms with Gasteiger partial charge in [-0.2, -0.15) is 0 Å². The monoisotopic (exact) mass is 255 g/mol. The number of halogens is 1. The first kappa shape index (κ1) is 12.0. The van der Waals surface area contributed by atoms with Crippen LogP contribution in [0.4, 0.5) is 5.82 Å². The number of methoxy groups -OCH3 is 1. The first-order valence-corrected chi connectivity index (χ1v) is 5.56. The molecule has 1 aliphatic heterocycles. The van der Waals surface area contributed by atoms with Crippen molar-refractivity contribution >= 4 is 23.7 Å². The first-order valence-electron chi connectivity index (χ1n) is 5.22. The largest absolute Gasteiger partial charge is 0.491 e. The smallest absolute Gasteiger partial charge is 0.130 e. The maximum Gasteiger partial charge on any atom is 0.130 e. The molecule has 0 saturated carbocycles. The van der Waals surface area contributed by atoms with Gasteiger partial charge in [0.15, 0.2) is 0 Å². The fraction of sp³-hybridized carbons (Fsp3) is 0.364. The van der Waals surface area contributed by atoms with E-state index in [0.29, 0.717) is 31.3 Å². The second-order valence-electron chi connectivity index (χ2n) is 3.62. The van der Waals surface area contributed by atoms with E-state index in [1.54, 1.807) is 23.8 Å². The van der Waals surface area contributed by atoms with Crippen LogP contribution < -0.4 is 10.5 Å². The van der Waals surface area contributed by atoms with Crippen LogP contribution in [0.15, 0.2) is 12.3 Å². The Bertz CT molecular complexity index is 437. The Morgan fingerprint density at radius 1 is 1.53 bits per heavy atom. The molecule has 0 amide bonds. The summed E-state index contributed by atoms with van der Waals surface area (Å²) in [6.07, 6.45) is 3.56. The predicted octanol–water partition coefficient (Wildman–Crippen LogP) is 1.63. The molecule has 2 N–H and O–H groups in total. The lowest BCUT2D eigenvalue weighted by molar-refractivity contribution is 0.145. The predicted molar refractivity (Wildman–Crippen MR) is 66.5 cm³/mol. The topological polar surface area (TPSA) is 60.6 Å². The molecule has 17 heavy (non-hydrogen) atoms. The molecule has 5 nitrogen and oxygen atoms in total. The molecular formula is C11H14ClN3O2. The second kappa shape index (κ2) is 5.25. The third-order valence-corrected chi connectivity index (χ3v) is 2.62. The molecule has 0 aromatic carbocycles. The second-order valence-corrected chi connectivity index (χ2v) is 4.06. The lowest BCUT2D eigenvalue weighted by Crippen LogP contribution is -2.14. The number of aromatic nitrogens is 1. The third-order valence-electron chi connectivity index (χ3n) is 2.38. The number of anilines is 1. The van der Waals surface area contributed by atoms with Crippen LogP contribution in [0.3, 0.4) is 0 Å². The molecule has 0 unspecified atom stereocenters. The van der Waals surface area contributed by atoms with E-state index in [-0.39, 0.29) is 0 Å². The summed E-state index contributed by atoms with van der Waals surface area (Å²) in [5.41, 5.74) is 7.46. The minimum atomic E-state index is 0.434. The molecule has 0 bridgehead atoms. The number of hydrogen-bond donors (Lipinski definition) is 1. The van der Waals surface area contributed by atoms with Crippen LogP contribution in [0.25, 0.3) is 6.08 Å². The van der Waals surface area contributed by atoms with Crippen LogP contribution in [-0.4, -0.2) is 29.7 Å². The van der Waals surface area contributed by atoms with Gasteiger partial charge in [-0.25, -0.2) is 4.98 Å². The van der Waals surface area contributed by atoms with Crippen LogP contribution in [0, 0.1) is 0 Å². The van der Waals surface area contributed by atoms with Gasteiger partial charge in [0.2, 0.25) is 0 Å². The van der Waals surface area contributed by atoms with Gasteiger partial charge < -0.3 is 15.2 Å². The summed E-state index contributed by atoms with van der Waals surface area (Å²) in [5, 5.41) is 0. The zero-order valence-corrected chi connectivity index (χ0v) is 10.3. The Balaban J connectivity index is 2.25. The van der Waals surface area contributed by atoms with Gasteiger partial charge in [0, 0.05) is 36.7 Å². The van der Waals surface area contributed by atoms with Crippen LogP contribution in [0.5, 0.6) is 5.75 Å². The van der Waals surface area contributed by atoms with Gasteiger partial charge in [0.1, 0.15) is 18.2 Å². The molecule has 0 spiro atoms. The summed E-state index contributed by atoms with van der Waals surface area (Å²) in [4.78, 5) is 4.23. The van der Waals surface area contributed by atoms with E-state index in [1.165, 1.54) is 0 Å². The minimum Gasteiger partial charge on any atom is -0.491 e. The van der Waals surface area contributed by atoms with Gasteiger partial charge in [0.25, 0.3) is 0 Å². The molecule has 1 aromatic rings. The standard InChI is InChI=1S/C11H14ClN3O2/c1-16-4-5-17-10-6-11(13)14-9-2-3-15(12)7-8(9)10/h2-3,6H,4-5,7H2,1H3,(H2,13,14). The van der Waals surface area contributed by atoms with Gasteiger partial charge in [-0.05, 0) is 6.08 Å². The van der Waals surface area contributed by atoms with Crippen molar-refractivity contribution in [2.24, 2.45) is 0 Å². The maximum atomic E-state index is 5.92. The highest BCUT2D eigenvalue weighted by atomic mass is 35.5. The number of pyridine rings is 1. The van der Waals surface area contributed by atoms with Crippen molar-refractivity contribution in [3.63, 3.8) is 0 Å². The van der Waals surface area contributed by atoms with Gasteiger partial charge in [-0.3, -0.25) is 4.42 Å². The van der Waals surface area contributed by atoms with Crippen LogP contribution in [0.1, 0.15) is 11.3 Å². The first-order chi connectivity index (χ1) is 8.20. The van der Waals surface area contributed by atoms with E-state index in [2.05, 4.69) is 4.98 Å². The lowest BCUT2D eigenvalue weighted by Gasteiger charge is -2.20. The van der Waals surface area contributed by atoms with Crippen molar-refractivity contribution in [3.8, 4) is 5.75 Å². The van der Waals surface area contributed by atoms with Crippen molar-refractivity contribution in [1.29, 1.82) is 0 Å². The quantitative estimate of drug-likeness (QED) is 0.655. The number of ether oxygens (including phenoxy) is 2. The molecule has 0 saturated heterocycles. The molecule has 1 aromatic heterocycles. The van der Waals surface area contributed by atoms with Gasteiger partial charge >= 0.3 is 0 Å². The fourth-order valence-electron chi connectivity index (χ4n) is 1.60. The number of rotatable bonds is 4. The molecule has 2 rings (SSSR count). The van der Waals surface area contributed by atoms with Crippen molar-refractivity contribution in [2.75, 3.05) is 26.1 Å². The number of fused-ring (bicyclic) bond motifs is 1. The molecule has 6 heteroatoms. The fourth-order valence-corrected chi connectivity index (χ4v) is 1.78. The third kappa shape index (κ3) is 2.81. The van der Waals surface area contributed by atoms with Gasteiger partial charge in [-0.15, -0.1) is 0 Å². The van der Waals surface area contributed by atoms with Crippen molar-refractivity contribution in [2.45, 2.75) is 6.54 Å². The lowest BCUT2D eigenvalue weighted by atomic mass is 10.1. The normalized spacial score (nSPS) is 13.6. The molecule has 0 atom stereocenters. The average molecular weight is 256 g/mol. The zero-order chi connectivity index (χ0) is 12.3. The summed E-state index contributed by atoms with van der Waals surface area (Å²) in [6.45, 7) is 1.54. The van der Waals surface area contributed by atoms with Crippen LogP contribution in [-0.2, 0) is 11.3 Å². The van der Waals surface area contributed by atoms with E-state index < -0.39 is 0 Å². The summed E-state index contributed by atoms with van der Waals surface area (Å²) in [7, 11) is 1.63. The highest BCUT2D eigenvalue weighted by molar-refractivity contribution is 6.14. The van der Waals surface area contributed by atoms with E-state index in [0.717, 1.165) is 11.3 Å². The van der Waals surface area contributed by atoms with Gasteiger partial charge in [0.05, 0.1) is 18.8 Å². The molecular weight excluding hydrogens is 242 g/mol. The molecule has 1 aliphatic rings. The Morgan fingerprint density at radius 3 is 3.12 bits per heavy atom. The van der Waals surface area contributed by atoms with Crippen molar-refractivity contribution < 1.29 is 9.47 Å². The minimum absolute atomic E-state index is 0.434. The van der Waals surface area contributed by atoms with Crippen LogP contribution in [0.2, 0.25) is 0 Å². The summed E-state index contributed by atoms with van der Waals surface area (Å²) in [6, 6.07) is 1.71. The Labute approximate surface area is 105 Å². The number of nitrogens with two attached hydrogens (primary N) is 1. The van der Waals surface area contributed by atoms with E-state index in [4.69, 9.17) is 27.0 Å². The maximum absolute atomic E-state index is 5.92. The van der Waals surface area contributed by atoms with E-state index >= 15 is 0 Å². The highest BCUT2D eigenvalue weighted by Crippen LogP contribution is 2.29. The SMILES string of the molecule is COCCOc1cc(N)nc2c1CN(Cl)C=C2. The molecule has 0 fully saturated rings. The molecule has 0 aliphatic carbocycles. The van der Waals surface area contributed by atoms with Crippen molar-refractivity contribution in [1.82, 2.24) is 9.40 Å². The van der Waals surface area contributed by atoms with E-state index in [1.807, 2.05) is 6.08 Å². The molecule has 2 heterocycles. The molecule has 92 valence electrons. The Morgan fingerprint density at radius 2 is 2.35 bits per heavy atom. The van der Waals surface area contributed by atoms with Crippen LogP contribution >= 0.6 is 11.8 Å². The highest BCUT2D eigenvalue weighted by Gasteiger charge is 2.16. The average Bonchev–Trinajstić information content (AvgIpc) is 2.30. The Hall–Kier alpha value is -1.46. The number of nitrogen functional groups attached to an aromatic ring is 1. The number of nitrogens with zero attached hydrogens (tertiary/aromatic N) is 2. The van der Waals surface area contributed by atoms with E-state index in [9.17, 15) is 0 Å². The zero-order valence-electron chi connectivity index (χ0n) is 9.52. The number of hydrogen-bond acceptors (Lipinski definition) is 5.